The molecule has 1 amide bonds. The van der Waals surface area contributed by atoms with Crippen molar-refractivity contribution in [2.75, 3.05) is 10.6 Å². The van der Waals surface area contributed by atoms with E-state index in [0.717, 1.165) is 17.7 Å². The molecule has 24 heavy (non-hydrogen) atoms. The fraction of sp³-hybridized carbons (Fsp3) is 0.133. The summed E-state index contributed by atoms with van der Waals surface area (Å²) < 4.78 is 53.1. The minimum Gasteiger partial charge on any atom is -0.360 e. The van der Waals surface area contributed by atoms with Crippen LogP contribution in [0.5, 0.6) is 0 Å². The summed E-state index contributed by atoms with van der Waals surface area (Å²) in [4.78, 5) is 12.2. The van der Waals surface area contributed by atoms with E-state index in [4.69, 9.17) is 0 Å². The van der Waals surface area contributed by atoms with Gasteiger partial charge < -0.3 is 10.6 Å². The highest BCUT2D eigenvalue weighted by atomic mass is 32.2. The van der Waals surface area contributed by atoms with Crippen molar-refractivity contribution in [2.45, 2.75) is 18.0 Å². The van der Waals surface area contributed by atoms with Gasteiger partial charge in [0.2, 0.25) is 10.0 Å². The van der Waals surface area contributed by atoms with E-state index in [1.165, 1.54) is 6.07 Å². The van der Waals surface area contributed by atoms with Crippen LogP contribution in [-0.4, -0.2) is 20.5 Å². The number of carbonyl (C=O) groups is 1. The maximum atomic E-state index is 13.6. The number of hydrogen-bond acceptors (Lipinski definition) is 4. The Morgan fingerprint density at radius 1 is 1.17 bits per heavy atom. The summed E-state index contributed by atoms with van der Waals surface area (Å²) in [5.41, 5.74) is 0.827. The Morgan fingerprint density at radius 3 is 2.62 bits per heavy atom. The molecule has 2 aromatic rings. The number of hydrogen-bond donors (Lipinski definition) is 3. The minimum absolute atomic E-state index is 0.0186. The van der Waals surface area contributed by atoms with E-state index >= 15 is 0 Å². The third kappa shape index (κ3) is 3.08. The number of benzene rings is 2. The molecule has 3 rings (SSSR count). The molecule has 0 saturated heterocycles. The first-order valence-corrected chi connectivity index (χ1v) is 8.40. The SMILES string of the molecule is Cc1ccc2c(c1)N[C@@H](C(=O)Nc1ccc(F)cc1F)NS2(=O)=O. The van der Waals surface area contributed by atoms with Crippen LogP contribution in [0, 0.1) is 18.6 Å². The standard InChI is InChI=1S/C15H13F2N3O3S/c1-8-2-5-13-12(6-8)18-14(20-24(13,22)23)15(21)19-11-4-3-9(16)7-10(11)17/h2-7,14,18,20H,1H3,(H,19,21)/t14-/m1/s1. The topological polar surface area (TPSA) is 87.3 Å². The normalized spacial score (nSPS) is 18.4. The smallest absolute Gasteiger partial charge is 0.262 e. The number of rotatable bonds is 2. The van der Waals surface area contributed by atoms with E-state index in [9.17, 15) is 22.0 Å². The molecule has 6 nitrogen and oxygen atoms in total. The molecule has 9 heteroatoms. The largest absolute Gasteiger partial charge is 0.360 e. The van der Waals surface area contributed by atoms with Crippen LogP contribution >= 0.6 is 0 Å². The third-order valence-corrected chi connectivity index (χ3v) is 4.93. The summed E-state index contributed by atoms with van der Waals surface area (Å²) in [5.74, 6) is -2.57. The number of nitrogens with one attached hydrogen (secondary N) is 3. The van der Waals surface area contributed by atoms with E-state index in [1.54, 1.807) is 19.1 Å². The number of aryl methyl sites for hydroxylation is 1. The molecule has 126 valence electrons. The van der Waals surface area contributed by atoms with Crippen LogP contribution in [0.25, 0.3) is 0 Å². The number of halogens is 2. The van der Waals surface area contributed by atoms with Gasteiger partial charge in [-0.15, -0.1) is 0 Å². The van der Waals surface area contributed by atoms with Crippen molar-refractivity contribution in [3.63, 3.8) is 0 Å². The van der Waals surface area contributed by atoms with Crippen molar-refractivity contribution in [3.8, 4) is 0 Å². The fourth-order valence-electron chi connectivity index (χ4n) is 2.31. The average Bonchev–Trinajstić information content (AvgIpc) is 2.48. The van der Waals surface area contributed by atoms with Crippen LogP contribution in [0.1, 0.15) is 5.56 Å². The second-order valence-electron chi connectivity index (χ2n) is 5.31. The van der Waals surface area contributed by atoms with Gasteiger partial charge in [0.15, 0.2) is 6.17 Å². The Kier molecular flexibility index (Phi) is 3.98. The lowest BCUT2D eigenvalue weighted by molar-refractivity contribution is -0.117. The fourth-order valence-corrected chi connectivity index (χ4v) is 3.57. The van der Waals surface area contributed by atoms with Gasteiger partial charge in [-0.05, 0) is 36.8 Å². The zero-order chi connectivity index (χ0) is 17.5. The molecule has 0 aromatic heterocycles. The van der Waals surface area contributed by atoms with E-state index in [1.807, 2.05) is 0 Å². The molecule has 1 atom stereocenters. The van der Waals surface area contributed by atoms with Gasteiger partial charge in [-0.1, -0.05) is 6.07 Å². The second-order valence-corrected chi connectivity index (χ2v) is 6.99. The lowest BCUT2D eigenvalue weighted by atomic mass is 10.2. The van der Waals surface area contributed by atoms with Crippen LogP contribution in [0.3, 0.4) is 0 Å². The average molecular weight is 353 g/mol. The molecular weight excluding hydrogens is 340 g/mol. The number of amides is 1. The first kappa shape index (κ1) is 16.3. The lowest BCUT2D eigenvalue weighted by Crippen LogP contribution is -2.51. The van der Waals surface area contributed by atoms with Crippen molar-refractivity contribution in [3.05, 3.63) is 53.6 Å². The number of carbonyl (C=O) groups excluding carboxylic acids is 1. The summed E-state index contributed by atoms with van der Waals surface area (Å²) in [6.07, 6.45) is -1.33. The van der Waals surface area contributed by atoms with Gasteiger partial charge >= 0.3 is 0 Å². The van der Waals surface area contributed by atoms with E-state index in [-0.39, 0.29) is 16.3 Å². The molecule has 0 aliphatic carbocycles. The van der Waals surface area contributed by atoms with Gasteiger partial charge in [0.25, 0.3) is 5.91 Å². The molecule has 2 aromatic carbocycles. The van der Waals surface area contributed by atoms with Gasteiger partial charge in [0, 0.05) is 6.07 Å². The van der Waals surface area contributed by atoms with Gasteiger partial charge in [-0.2, -0.15) is 4.72 Å². The summed E-state index contributed by atoms with van der Waals surface area (Å²) >= 11 is 0. The molecule has 0 radical (unpaired) electrons. The van der Waals surface area contributed by atoms with Crippen molar-refractivity contribution in [1.82, 2.24) is 4.72 Å². The Hall–Kier alpha value is -2.52. The number of sulfonamides is 1. The van der Waals surface area contributed by atoms with Crippen molar-refractivity contribution in [1.29, 1.82) is 0 Å². The van der Waals surface area contributed by atoms with E-state index in [0.29, 0.717) is 6.07 Å². The molecule has 0 spiro atoms. The molecular formula is C15H13F2N3O3S. The molecule has 0 saturated carbocycles. The quantitative estimate of drug-likeness (QED) is 0.770. The van der Waals surface area contributed by atoms with Crippen LogP contribution in [0.2, 0.25) is 0 Å². The van der Waals surface area contributed by atoms with Crippen molar-refractivity contribution < 1.29 is 22.0 Å². The van der Waals surface area contributed by atoms with Crippen LogP contribution in [0.4, 0.5) is 20.2 Å². The van der Waals surface area contributed by atoms with Crippen LogP contribution < -0.4 is 15.4 Å². The van der Waals surface area contributed by atoms with Crippen molar-refractivity contribution in [2.24, 2.45) is 0 Å². The molecule has 3 N–H and O–H groups in total. The maximum absolute atomic E-state index is 13.6. The highest BCUT2D eigenvalue weighted by Crippen LogP contribution is 2.27. The Balaban J connectivity index is 1.87. The molecule has 0 bridgehead atoms. The molecule has 0 fully saturated rings. The minimum atomic E-state index is -3.89. The van der Waals surface area contributed by atoms with Gasteiger partial charge in [0.05, 0.1) is 11.4 Å². The summed E-state index contributed by atoms with van der Waals surface area (Å²) in [6, 6.07) is 7.30. The zero-order valence-electron chi connectivity index (χ0n) is 12.4. The van der Waals surface area contributed by atoms with E-state index in [2.05, 4.69) is 15.4 Å². The summed E-state index contributed by atoms with van der Waals surface area (Å²) in [5, 5.41) is 4.97. The first-order valence-electron chi connectivity index (χ1n) is 6.92. The zero-order valence-corrected chi connectivity index (χ0v) is 13.2. The highest BCUT2D eigenvalue weighted by Gasteiger charge is 2.33. The van der Waals surface area contributed by atoms with Crippen LogP contribution in [0.15, 0.2) is 41.3 Å². The Bertz CT molecular complexity index is 932. The monoisotopic (exact) mass is 353 g/mol. The Morgan fingerprint density at radius 2 is 1.92 bits per heavy atom. The van der Waals surface area contributed by atoms with E-state index < -0.39 is 33.7 Å². The number of anilines is 2. The van der Waals surface area contributed by atoms with Crippen molar-refractivity contribution >= 4 is 27.3 Å². The molecule has 0 unspecified atom stereocenters. The molecule has 1 aliphatic rings. The second kappa shape index (κ2) is 5.84. The number of fused-ring (bicyclic) bond motifs is 1. The van der Waals surface area contributed by atoms with Gasteiger partial charge in [0.1, 0.15) is 16.5 Å². The maximum Gasteiger partial charge on any atom is 0.262 e. The summed E-state index contributed by atoms with van der Waals surface area (Å²) in [6.45, 7) is 1.78. The molecule has 1 aliphatic heterocycles. The predicted octanol–water partition coefficient (Wildman–Crippen LogP) is 1.94. The van der Waals surface area contributed by atoms with Gasteiger partial charge in [-0.3, -0.25) is 4.79 Å². The summed E-state index contributed by atoms with van der Waals surface area (Å²) in [7, 11) is -3.89. The third-order valence-electron chi connectivity index (χ3n) is 3.45. The van der Waals surface area contributed by atoms with Crippen LogP contribution in [-0.2, 0) is 14.8 Å². The highest BCUT2D eigenvalue weighted by molar-refractivity contribution is 7.89. The molecule has 1 heterocycles. The lowest BCUT2D eigenvalue weighted by Gasteiger charge is -2.27. The first-order chi connectivity index (χ1) is 11.3. The predicted molar refractivity (Wildman–Crippen MR) is 83.9 cm³/mol. The van der Waals surface area contributed by atoms with Gasteiger partial charge in [-0.25, -0.2) is 17.2 Å². The Labute approximate surface area is 136 Å².